The topological polar surface area (TPSA) is 110 Å². The lowest BCUT2D eigenvalue weighted by molar-refractivity contribution is -0.137. The van der Waals surface area contributed by atoms with Crippen LogP contribution in [0, 0.1) is 11.3 Å². The molecule has 13 heteroatoms. The van der Waals surface area contributed by atoms with Crippen molar-refractivity contribution in [1.82, 2.24) is 14.8 Å². The lowest BCUT2D eigenvalue weighted by Crippen LogP contribution is -2.39. The molecule has 1 saturated heterocycles. The highest BCUT2D eigenvalue weighted by molar-refractivity contribution is 6.33. The standard InChI is InChI=1S/C28H25Cl2F3N4O4/c1-36(25(38)4-5-37-6-8-41-9-7-37)15-16-10-18(29)12-21(26(16)39)24-13-19(22(14-34)27(40)35-24)20-11-17(28(31,32)33)2-3-23(20)30/h2-3,10-13,39H,4-9,15H2,1H3,(H,35,40). The van der Waals surface area contributed by atoms with E-state index in [-0.39, 0.29) is 62.6 Å². The number of ether oxygens (including phenoxy) is 1. The van der Waals surface area contributed by atoms with Gasteiger partial charge in [0.15, 0.2) is 0 Å². The molecule has 3 aromatic rings. The van der Waals surface area contributed by atoms with E-state index in [0.29, 0.717) is 19.8 Å². The first-order chi connectivity index (χ1) is 19.4. The van der Waals surface area contributed by atoms with E-state index in [1.807, 2.05) is 0 Å². The molecule has 1 aliphatic heterocycles. The number of aromatic amines is 1. The highest BCUT2D eigenvalue weighted by atomic mass is 35.5. The van der Waals surface area contributed by atoms with Crippen LogP contribution in [-0.2, 0) is 22.3 Å². The van der Waals surface area contributed by atoms with Gasteiger partial charge in [-0.05, 0) is 36.4 Å². The van der Waals surface area contributed by atoms with E-state index >= 15 is 0 Å². The van der Waals surface area contributed by atoms with Crippen molar-refractivity contribution in [3.05, 3.63) is 73.5 Å². The van der Waals surface area contributed by atoms with Crippen LogP contribution in [0.15, 0.2) is 41.2 Å². The quantitative estimate of drug-likeness (QED) is 0.377. The van der Waals surface area contributed by atoms with E-state index in [2.05, 4.69) is 9.88 Å². The Kier molecular flexibility index (Phi) is 9.29. The van der Waals surface area contributed by atoms with Crippen LogP contribution in [0.2, 0.25) is 10.0 Å². The second-order valence-electron chi connectivity index (χ2n) is 9.52. The monoisotopic (exact) mass is 608 g/mol. The number of rotatable bonds is 7. The van der Waals surface area contributed by atoms with Crippen LogP contribution in [0.1, 0.15) is 23.1 Å². The highest BCUT2D eigenvalue weighted by Gasteiger charge is 2.31. The lowest BCUT2D eigenvalue weighted by atomic mass is 9.96. The molecule has 0 atom stereocenters. The minimum absolute atomic E-state index is 0.00579. The zero-order valence-corrected chi connectivity index (χ0v) is 23.3. The van der Waals surface area contributed by atoms with E-state index in [1.165, 1.54) is 23.1 Å². The van der Waals surface area contributed by atoms with Gasteiger partial charge in [0.05, 0.1) is 24.5 Å². The second kappa shape index (κ2) is 12.5. The smallest absolute Gasteiger partial charge is 0.416 e. The molecule has 2 aromatic carbocycles. The van der Waals surface area contributed by atoms with Gasteiger partial charge in [-0.3, -0.25) is 14.5 Å². The number of phenolic OH excluding ortho intramolecular Hbond substituents is 1. The molecular formula is C28H25Cl2F3N4O4. The maximum absolute atomic E-state index is 13.4. The zero-order chi connectivity index (χ0) is 29.9. The fraction of sp³-hybridized carbons (Fsp3) is 0.321. The van der Waals surface area contributed by atoms with Gasteiger partial charge in [0, 0.05) is 71.9 Å². The second-order valence-corrected chi connectivity index (χ2v) is 10.4. The summed E-state index contributed by atoms with van der Waals surface area (Å²) in [5, 5.41) is 20.8. The molecule has 0 unspecified atom stereocenters. The molecular weight excluding hydrogens is 584 g/mol. The van der Waals surface area contributed by atoms with Crippen molar-refractivity contribution in [3.63, 3.8) is 0 Å². The van der Waals surface area contributed by atoms with Gasteiger partial charge < -0.3 is 19.7 Å². The van der Waals surface area contributed by atoms with Gasteiger partial charge in [0.2, 0.25) is 5.91 Å². The lowest BCUT2D eigenvalue weighted by Gasteiger charge is -2.27. The molecule has 0 bridgehead atoms. The predicted octanol–water partition coefficient (Wildman–Crippen LogP) is 5.29. The molecule has 4 rings (SSSR count). The molecule has 2 N–H and O–H groups in total. The number of nitrogens with one attached hydrogen (secondary N) is 1. The van der Waals surface area contributed by atoms with Gasteiger partial charge in [-0.2, -0.15) is 18.4 Å². The molecule has 0 spiro atoms. The fourth-order valence-corrected chi connectivity index (χ4v) is 4.99. The highest BCUT2D eigenvalue weighted by Crippen LogP contribution is 2.40. The Balaban J connectivity index is 1.69. The first-order valence-corrected chi connectivity index (χ1v) is 13.2. The summed E-state index contributed by atoms with van der Waals surface area (Å²) >= 11 is 12.5. The van der Waals surface area contributed by atoms with Crippen LogP contribution in [-0.4, -0.2) is 65.7 Å². The molecule has 1 aliphatic rings. The van der Waals surface area contributed by atoms with Crippen molar-refractivity contribution < 1.29 is 27.8 Å². The third-order valence-electron chi connectivity index (χ3n) is 6.75. The number of amides is 1. The molecule has 41 heavy (non-hydrogen) atoms. The number of pyridine rings is 1. The SMILES string of the molecule is CN(Cc1cc(Cl)cc(-c2cc(-c3cc(C(F)(F)F)ccc3Cl)c(C#N)c(=O)[nH]2)c1O)C(=O)CCN1CCOCC1. The molecule has 1 amide bonds. The minimum Gasteiger partial charge on any atom is -0.507 e. The normalized spacial score (nSPS) is 14.1. The minimum atomic E-state index is -4.69. The zero-order valence-electron chi connectivity index (χ0n) is 21.8. The Morgan fingerprint density at radius 3 is 2.51 bits per heavy atom. The summed E-state index contributed by atoms with van der Waals surface area (Å²) in [7, 11) is 1.58. The van der Waals surface area contributed by atoms with E-state index < -0.39 is 22.9 Å². The molecule has 1 aromatic heterocycles. The summed E-state index contributed by atoms with van der Waals surface area (Å²) in [5.74, 6) is -0.464. The van der Waals surface area contributed by atoms with E-state index in [1.54, 1.807) is 13.1 Å². The Morgan fingerprint density at radius 1 is 1.15 bits per heavy atom. The number of carbonyl (C=O) groups is 1. The van der Waals surface area contributed by atoms with E-state index in [0.717, 1.165) is 31.3 Å². The Morgan fingerprint density at radius 2 is 1.85 bits per heavy atom. The first kappa shape index (κ1) is 30.4. The van der Waals surface area contributed by atoms with Crippen molar-refractivity contribution in [1.29, 1.82) is 5.26 Å². The van der Waals surface area contributed by atoms with Crippen LogP contribution in [0.4, 0.5) is 13.2 Å². The maximum Gasteiger partial charge on any atom is 0.416 e. The van der Waals surface area contributed by atoms with Crippen LogP contribution >= 0.6 is 23.2 Å². The Labute approximate surface area is 243 Å². The summed E-state index contributed by atoms with van der Waals surface area (Å²) in [5.41, 5.74) is -2.40. The number of H-pyrrole nitrogens is 1. The number of benzene rings is 2. The number of nitrogens with zero attached hydrogens (tertiary/aromatic N) is 3. The molecule has 0 aliphatic carbocycles. The van der Waals surface area contributed by atoms with Gasteiger partial charge >= 0.3 is 6.18 Å². The largest absolute Gasteiger partial charge is 0.507 e. The third kappa shape index (κ3) is 7.02. The van der Waals surface area contributed by atoms with Gasteiger partial charge in [-0.1, -0.05) is 23.2 Å². The number of phenols is 1. The Bertz CT molecular complexity index is 1560. The average molecular weight is 609 g/mol. The van der Waals surface area contributed by atoms with Crippen molar-refractivity contribution >= 4 is 29.1 Å². The summed E-state index contributed by atoms with van der Waals surface area (Å²) in [6.07, 6.45) is -4.43. The number of carbonyl (C=O) groups excluding carboxylic acids is 1. The first-order valence-electron chi connectivity index (χ1n) is 12.5. The molecule has 2 heterocycles. The number of halogens is 5. The van der Waals surface area contributed by atoms with Crippen LogP contribution in [0.25, 0.3) is 22.4 Å². The fourth-order valence-electron chi connectivity index (χ4n) is 4.53. The van der Waals surface area contributed by atoms with Gasteiger partial charge in [0.1, 0.15) is 17.4 Å². The van der Waals surface area contributed by atoms with Gasteiger partial charge in [-0.15, -0.1) is 0 Å². The van der Waals surface area contributed by atoms with Crippen molar-refractivity contribution in [2.75, 3.05) is 39.9 Å². The van der Waals surface area contributed by atoms with Gasteiger partial charge in [0.25, 0.3) is 5.56 Å². The van der Waals surface area contributed by atoms with Crippen LogP contribution < -0.4 is 5.56 Å². The number of nitriles is 1. The summed E-state index contributed by atoms with van der Waals surface area (Å²) < 4.78 is 45.5. The maximum atomic E-state index is 13.4. The predicted molar refractivity (Wildman–Crippen MR) is 148 cm³/mol. The molecule has 8 nitrogen and oxygen atoms in total. The molecule has 1 fully saturated rings. The summed E-state index contributed by atoms with van der Waals surface area (Å²) in [6, 6.07) is 8.37. The number of alkyl halides is 3. The summed E-state index contributed by atoms with van der Waals surface area (Å²) in [4.78, 5) is 31.7. The van der Waals surface area contributed by atoms with Crippen LogP contribution in [0.3, 0.4) is 0 Å². The van der Waals surface area contributed by atoms with E-state index in [9.17, 15) is 33.1 Å². The summed E-state index contributed by atoms with van der Waals surface area (Å²) in [6.45, 7) is 3.27. The van der Waals surface area contributed by atoms with Gasteiger partial charge in [-0.25, -0.2) is 0 Å². The number of aromatic nitrogens is 1. The number of hydrogen-bond donors (Lipinski definition) is 2. The van der Waals surface area contributed by atoms with Crippen LogP contribution in [0.5, 0.6) is 5.75 Å². The number of aromatic hydroxyl groups is 1. The molecule has 216 valence electrons. The Hall–Kier alpha value is -3.56. The number of hydrogen-bond acceptors (Lipinski definition) is 6. The molecule has 0 saturated carbocycles. The number of morpholine rings is 1. The molecule has 0 radical (unpaired) electrons. The van der Waals surface area contributed by atoms with E-state index in [4.69, 9.17) is 27.9 Å². The van der Waals surface area contributed by atoms with Crippen molar-refractivity contribution in [2.45, 2.75) is 19.1 Å². The average Bonchev–Trinajstić information content (AvgIpc) is 2.93. The van der Waals surface area contributed by atoms with Crippen molar-refractivity contribution in [2.24, 2.45) is 0 Å². The van der Waals surface area contributed by atoms with Crippen molar-refractivity contribution in [3.8, 4) is 34.2 Å². The third-order valence-corrected chi connectivity index (χ3v) is 7.30.